The average Bonchev–Trinajstić information content (AvgIpc) is 2.25. The fraction of sp³-hybridized carbons (Fsp3) is 0.462. The van der Waals surface area contributed by atoms with Crippen LogP contribution in [0.25, 0.3) is 0 Å². The van der Waals surface area contributed by atoms with Crippen LogP contribution in [0.3, 0.4) is 0 Å². The number of hydrogen-bond acceptors (Lipinski definition) is 2. The van der Waals surface area contributed by atoms with Gasteiger partial charge in [0, 0.05) is 17.8 Å². The number of methoxy groups -OCH3 is 1. The van der Waals surface area contributed by atoms with Gasteiger partial charge in [-0.1, -0.05) is 26.0 Å². The van der Waals surface area contributed by atoms with E-state index in [0.29, 0.717) is 18.1 Å². The lowest BCUT2D eigenvalue weighted by molar-refractivity contribution is -0.137. The van der Waals surface area contributed by atoms with E-state index >= 15 is 0 Å². The molecule has 0 bridgehead atoms. The van der Waals surface area contributed by atoms with E-state index in [1.165, 1.54) is 5.56 Å². The monoisotopic (exact) mass is 204 g/mol. The predicted molar refractivity (Wildman–Crippen MR) is 59.1 cm³/mol. The summed E-state index contributed by atoms with van der Waals surface area (Å²) in [6, 6.07) is 8.00. The minimum absolute atomic E-state index is 0.202. The maximum atomic E-state index is 11.5. The SMILES string of the molecule is COc1cccc(C2CC(=O)C2(C)C)c1. The van der Waals surface area contributed by atoms with E-state index in [2.05, 4.69) is 6.07 Å². The molecule has 0 saturated heterocycles. The molecule has 2 nitrogen and oxygen atoms in total. The van der Waals surface area contributed by atoms with Crippen molar-refractivity contribution in [2.75, 3.05) is 7.11 Å². The number of rotatable bonds is 2. The molecular weight excluding hydrogens is 188 g/mol. The van der Waals surface area contributed by atoms with Crippen LogP contribution in [0.4, 0.5) is 0 Å². The topological polar surface area (TPSA) is 26.3 Å². The van der Waals surface area contributed by atoms with E-state index in [9.17, 15) is 4.79 Å². The summed E-state index contributed by atoms with van der Waals surface area (Å²) in [4.78, 5) is 11.5. The molecule has 0 spiro atoms. The highest BCUT2D eigenvalue weighted by Crippen LogP contribution is 2.49. The standard InChI is InChI=1S/C13H16O2/c1-13(2)11(8-12(13)14)9-5-4-6-10(7-9)15-3/h4-7,11H,8H2,1-3H3. The summed E-state index contributed by atoms with van der Waals surface area (Å²) in [5, 5.41) is 0. The highest BCUT2D eigenvalue weighted by Gasteiger charge is 2.47. The number of carbonyl (C=O) groups excluding carboxylic acids is 1. The molecule has 0 N–H and O–H groups in total. The lowest BCUT2D eigenvalue weighted by atomic mass is 9.59. The Balaban J connectivity index is 2.28. The third-order valence-electron chi connectivity index (χ3n) is 3.48. The third kappa shape index (κ3) is 1.54. The molecule has 1 aromatic carbocycles. The van der Waals surface area contributed by atoms with Gasteiger partial charge in [-0.15, -0.1) is 0 Å². The summed E-state index contributed by atoms with van der Waals surface area (Å²) in [6.07, 6.45) is 0.667. The van der Waals surface area contributed by atoms with Crippen molar-refractivity contribution in [2.45, 2.75) is 26.2 Å². The van der Waals surface area contributed by atoms with Crippen LogP contribution >= 0.6 is 0 Å². The van der Waals surface area contributed by atoms with Gasteiger partial charge in [0.1, 0.15) is 11.5 Å². The van der Waals surface area contributed by atoms with Crippen LogP contribution in [-0.2, 0) is 4.79 Å². The molecule has 15 heavy (non-hydrogen) atoms. The zero-order chi connectivity index (χ0) is 11.1. The van der Waals surface area contributed by atoms with E-state index in [4.69, 9.17) is 4.74 Å². The van der Waals surface area contributed by atoms with Crippen LogP contribution in [0, 0.1) is 5.41 Å². The summed E-state index contributed by atoms with van der Waals surface area (Å²) in [7, 11) is 1.66. The van der Waals surface area contributed by atoms with Crippen LogP contribution in [-0.4, -0.2) is 12.9 Å². The lowest BCUT2D eigenvalue weighted by Gasteiger charge is -2.42. The van der Waals surface area contributed by atoms with Gasteiger partial charge in [0.25, 0.3) is 0 Å². The average molecular weight is 204 g/mol. The van der Waals surface area contributed by atoms with Crippen LogP contribution in [0.1, 0.15) is 31.7 Å². The molecule has 0 amide bonds. The maximum Gasteiger partial charge on any atom is 0.139 e. The second kappa shape index (κ2) is 3.37. The molecule has 2 rings (SSSR count). The second-order valence-electron chi connectivity index (χ2n) is 4.68. The smallest absolute Gasteiger partial charge is 0.139 e. The molecule has 1 aromatic rings. The zero-order valence-electron chi connectivity index (χ0n) is 9.41. The highest BCUT2D eigenvalue weighted by atomic mass is 16.5. The van der Waals surface area contributed by atoms with Gasteiger partial charge in [0.15, 0.2) is 0 Å². The van der Waals surface area contributed by atoms with Gasteiger partial charge in [-0.25, -0.2) is 0 Å². The van der Waals surface area contributed by atoms with Gasteiger partial charge >= 0.3 is 0 Å². The van der Waals surface area contributed by atoms with Crippen molar-refractivity contribution in [3.05, 3.63) is 29.8 Å². The Morgan fingerprint density at radius 3 is 2.67 bits per heavy atom. The van der Waals surface area contributed by atoms with Crippen molar-refractivity contribution < 1.29 is 9.53 Å². The minimum atomic E-state index is -0.202. The molecule has 0 aromatic heterocycles. The lowest BCUT2D eigenvalue weighted by Crippen LogP contribution is -2.43. The highest BCUT2D eigenvalue weighted by molar-refractivity contribution is 5.92. The van der Waals surface area contributed by atoms with Crippen LogP contribution in [0.2, 0.25) is 0 Å². The summed E-state index contributed by atoms with van der Waals surface area (Å²) >= 11 is 0. The minimum Gasteiger partial charge on any atom is -0.497 e. The van der Waals surface area contributed by atoms with Gasteiger partial charge in [-0.2, -0.15) is 0 Å². The Kier molecular flexibility index (Phi) is 2.29. The molecule has 0 radical (unpaired) electrons. The summed E-state index contributed by atoms with van der Waals surface area (Å²) in [6.45, 7) is 4.03. The Labute approximate surface area is 90.3 Å². The molecule has 1 unspecified atom stereocenters. The van der Waals surface area contributed by atoms with Crippen molar-refractivity contribution in [1.82, 2.24) is 0 Å². The first-order chi connectivity index (χ1) is 7.05. The summed E-state index contributed by atoms with van der Waals surface area (Å²) in [5.74, 6) is 1.57. The molecule has 0 aliphatic heterocycles. The Bertz CT molecular complexity index is 393. The Morgan fingerprint density at radius 1 is 1.40 bits per heavy atom. The Hall–Kier alpha value is -1.31. The van der Waals surface area contributed by atoms with E-state index in [1.54, 1.807) is 7.11 Å². The molecule has 2 heteroatoms. The normalized spacial score (nSPS) is 23.4. The molecule has 1 aliphatic rings. The number of Topliss-reactive ketones (excluding diaryl/α,β-unsaturated/α-hetero) is 1. The number of hydrogen-bond donors (Lipinski definition) is 0. The quantitative estimate of drug-likeness (QED) is 0.740. The first-order valence-electron chi connectivity index (χ1n) is 5.23. The first-order valence-corrected chi connectivity index (χ1v) is 5.23. The second-order valence-corrected chi connectivity index (χ2v) is 4.68. The van der Waals surface area contributed by atoms with Crippen LogP contribution in [0.15, 0.2) is 24.3 Å². The van der Waals surface area contributed by atoms with Crippen LogP contribution < -0.4 is 4.74 Å². The van der Waals surface area contributed by atoms with E-state index < -0.39 is 0 Å². The molecule has 0 heterocycles. The molecular formula is C13H16O2. The van der Waals surface area contributed by atoms with Gasteiger partial charge in [-0.05, 0) is 17.7 Å². The number of ether oxygens (including phenoxy) is 1. The van der Waals surface area contributed by atoms with Crippen molar-refractivity contribution in [3.8, 4) is 5.75 Å². The largest absolute Gasteiger partial charge is 0.497 e. The number of ketones is 1. The first kappa shape index (κ1) is 10.2. The number of benzene rings is 1. The van der Waals surface area contributed by atoms with Gasteiger partial charge in [0.05, 0.1) is 7.11 Å². The van der Waals surface area contributed by atoms with E-state index in [-0.39, 0.29) is 5.41 Å². The van der Waals surface area contributed by atoms with Crippen molar-refractivity contribution >= 4 is 5.78 Å². The third-order valence-corrected chi connectivity index (χ3v) is 3.48. The molecule has 1 saturated carbocycles. The van der Waals surface area contributed by atoms with Crippen LogP contribution in [0.5, 0.6) is 5.75 Å². The molecule has 1 aliphatic carbocycles. The van der Waals surface area contributed by atoms with Crippen molar-refractivity contribution in [1.29, 1.82) is 0 Å². The summed E-state index contributed by atoms with van der Waals surface area (Å²) < 4.78 is 5.18. The van der Waals surface area contributed by atoms with E-state index in [0.717, 1.165) is 5.75 Å². The fourth-order valence-corrected chi connectivity index (χ4v) is 2.16. The summed E-state index contributed by atoms with van der Waals surface area (Å²) in [5.41, 5.74) is 1.01. The molecule has 1 fully saturated rings. The molecule has 1 atom stereocenters. The Morgan fingerprint density at radius 2 is 2.13 bits per heavy atom. The van der Waals surface area contributed by atoms with Crippen molar-refractivity contribution in [3.63, 3.8) is 0 Å². The van der Waals surface area contributed by atoms with Crippen molar-refractivity contribution in [2.24, 2.45) is 5.41 Å². The zero-order valence-corrected chi connectivity index (χ0v) is 9.41. The molecule has 80 valence electrons. The number of carbonyl (C=O) groups is 1. The van der Waals surface area contributed by atoms with E-state index in [1.807, 2.05) is 32.0 Å². The maximum absolute atomic E-state index is 11.5. The fourth-order valence-electron chi connectivity index (χ4n) is 2.16. The van der Waals surface area contributed by atoms with Gasteiger partial charge in [-0.3, -0.25) is 4.79 Å². The predicted octanol–water partition coefficient (Wildman–Crippen LogP) is 2.78. The van der Waals surface area contributed by atoms with Gasteiger partial charge in [0.2, 0.25) is 0 Å². The van der Waals surface area contributed by atoms with Gasteiger partial charge < -0.3 is 4.74 Å².